The average molecular weight is 424 g/mol. The van der Waals surface area contributed by atoms with Gasteiger partial charge in [-0.15, -0.1) is 0 Å². The topological polar surface area (TPSA) is 93.3 Å². The number of amides is 1. The Bertz CT molecular complexity index is 1040. The molecule has 7 nitrogen and oxygen atoms in total. The number of aromatic nitrogens is 1. The van der Waals surface area contributed by atoms with Gasteiger partial charge in [-0.3, -0.25) is 4.79 Å². The Kier molecular flexibility index (Phi) is 8.17. The van der Waals surface area contributed by atoms with Gasteiger partial charge in [0.05, 0.1) is 12.6 Å². The summed E-state index contributed by atoms with van der Waals surface area (Å²) in [6, 6.07) is 9.51. The Morgan fingerprint density at radius 3 is 2.55 bits per heavy atom. The van der Waals surface area contributed by atoms with Crippen LogP contribution in [0.2, 0.25) is 0 Å². The number of nitriles is 1. The summed E-state index contributed by atoms with van der Waals surface area (Å²) in [4.78, 5) is 24.5. The minimum Gasteiger partial charge on any atom is -0.451 e. The molecule has 1 aromatic heterocycles. The lowest BCUT2D eigenvalue weighted by molar-refractivity contribution is -0.142. The van der Waals surface area contributed by atoms with Crippen molar-refractivity contribution in [3.63, 3.8) is 0 Å². The third kappa shape index (κ3) is 6.06. The first-order chi connectivity index (χ1) is 14.7. The first-order valence-corrected chi connectivity index (χ1v) is 10.0. The number of benzene rings is 1. The Balaban J connectivity index is 2.08. The Morgan fingerprint density at radius 2 is 1.94 bits per heavy atom. The second-order valence-electron chi connectivity index (χ2n) is 7.61. The van der Waals surface area contributed by atoms with E-state index in [0.717, 1.165) is 28.1 Å². The number of carbonyl (C=O) groups is 2. The van der Waals surface area contributed by atoms with Gasteiger partial charge in [0.2, 0.25) is 0 Å². The van der Waals surface area contributed by atoms with Crippen molar-refractivity contribution in [2.45, 2.75) is 40.7 Å². The van der Waals surface area contributed by atoms with Gasteiger partial charge in [-0.05, 0) is 64.0 Å². The van der Waals surface area contributed by atoms with Crippen molar-refractivity contribution in [2.75, 3.05) is 25.6 Å². The van der Waals surface area contributed by atoms with Gasteiger partial charge in [0, 0.05) is 24.2 Å². The summed E-state index contributed by atoms with van der Waals surface area (Å²) in [5.74, 6) is -1.31. The SMILES string of the molecule is COC[C@@H](C)n1c(C)cc(/C=C(\C#N)C(=O)OCC(=O)Nc2ccc(C)cc2C)c1C. The van der Waals surface area contributed by atoms with E-state index in [1.807, 2.05) is 58.9 Å². The van der Waals surface area contributed by atoms with Gasteiger partial charge < -0.3 is 19.4 Å². The summed E-state index contributed by atoms with van der Waals surface area (Å²) in [6.07, 6.45) is 1.49. The molecule has 0 bridgehead atoms. The van der Waals surface area contributed by atoms with Crippen LogP contribution >= 0.6 is 0 Å². The van der Waals surface area contributed by atoms with Crippen LogP contribution in [0.1, 0.15) is 41.0 Å². The number of carbonyl (C=O) groups excluding carboxylic acids is 2. The van der Waals surface area contributed by atoms with Crippen molar-refractivity contribution >= 4 is 23.6 Å². The number of methoxy groups -OCH3 is 1. The second kappa shape index (κ2) is 10.6. The number of nitrogens with zero attached hydrogens (tertiary/aromatic N) is 2. The highest BCUT2D eigenvalue weighted by Crippen LogP contribution is 2.23. The van der Waals surface area contributed by atoms with Crippen LogP contribution in [-0.2, 0) is 19.1 Å². The van der Waals surface area contributed by atoms with E-state index in [0.29, 0.717) is 12.3 Å². The molecular weight excluding hydrogens is 394 g/mol. The van der Waals surface area contributed by atoms with Crippen LogP contribution in [0.3, 0.4) is 0 Å². The maximum absolute atomic E-state index is 12.4. The molecule has 0 fully saturated rings. The molecule has 0 radical (unpaired) electrons. The third-order valence-corrected chi connectivity index (χ3v) is 5.00. The molecular formula is C24H29N3O4. The van der Waals surface area contributed by atoms with Gasteiger partial charge in [0.25, 0.3) is 5.91 Å². The smallest absolute Gasteiger partial charge is 0.349 e. The summed E-state index contributed by atoms with van der Waals surface area (Å²) in [5, 5.41) is 12.1. The summed E-state index contributed by atoms with van der Waals surface area (Å²) >= 11 is 0. The summed E-state index contributed by atoms with van der Waals surface area (Å²) in [6.45, 7) is 9.82. The molecule has 0 saturated heterocycles. The predicted molar refractivity (Wildman–Crippen MR) is 120 cm³/mol. The maximum Gasteiger partial charge on any atom is 0.349 e. The Morgan fingerprint density at radius 1 is 1.23 bits per heavy atom. The fourth-order valence-corrected chi connectivity index (χ4v) is 3.58. The number of ether oxygens (including phenoxy) is 2. The van der Waals surface area contributed by atoms with Crippen LogP contribution in [0.5, 0.6) is 0 Å². The van der Waals surface area contributed by atoms with Crippen molar-refractivity contribution in [3.8, 4) is 6.07 Å². The summed E-state index contributed by atoms with van der Waals surface area (Å²) in [5.41, 5.74) is 5.13. The highest BCUT2D eigenvalue weighted by atomic mass is 16.5. The van der Waals surface area contributed by atoms with Crippen LogP contribution in [0.15, 0.2) is 29.8 Å². The first-order valence-electron chi connectivity index (χ1n) is 10.0. The van der Waals surface area contributed by atoms with Gasteiger partial charge in [0.1, 0.15) is 11.6 Å². The van der Waals surface area contributed by atoms with Crippen LogP contribution in [0.4, 0.5) is 5.69 Å². The lowest BCUT2D eigenvalue weighted by Gasteiger charge is -2.17. The summed E-state index contributed by atoms with van der Waals surface area (Å²) < 4.78 is 12.4. The molecule has 1 atom stereocenters. The largest absolute Gasteiger partial charge is 0.451 e. The van der Waals surface area contributed by atoms with Gasteiger partial charge in [-0.2, -0.15) is 5.26 Å². The molecule has 2 aromatic rings. The van der Waals surface area contributed by atoms with Crippen LogP contribution in [0.25, 0.3) is 6.08 Å². The average Bonchev–Trinajstić information content (AvgIpc) is 2.99. The van der Waals surface area contributed by atoms with E-state index in [2.05, 4.69) is 9.88 Å². The van der Waals surface area contributed by atoms with Gasteiger partial charge in [0.15, 0.2) is 6.61 Å². The Labute approximate surface area is 183 Å². The van der Waals surface area contributed by atoms with E-state index in [4.69, 9.17) is 9.47 Å². The second-order valence-corrected chi connectivity index (χ2v) is 7.61. The minimum absolute atomic E-state index is 0.110. The zero-order valence-electron chi connectivity index (χ0n) is 18.9. The Hall–Kier alpha value is -3.37. The number of rotatable bonds is 8. The molecule has 0 aliphatic carbocycles. The summed E-state index contributed by atoms with van der Waals surface area (Å²) in [7, 11) is 1.64. The lowest BCUT2D eigenvalue weighted by Crippen LogP contribution is -2.21. The van der Waals surface area contributed by atoms with Crippen molar-refractivity contribution in [1.82, 2.24) is 4.57 Å². The van der Waals surface area contributed by atoms with Crippen molar-refractivity contribution < 1.29 is 19.1 Å². The number of nitrogens with one attached hydrogen (secondary N) is 1. The predicted octanol–water partition coefficient (Wildman–Crippen LogP) is 4.02. The number of hydrogen-bond acceptors (Lipinski definition) is 5. The first kappa shape index (κ1) is 23.9. The maximum atomic E-state index is 12.4. The fraction of sp³-hybridized carbons (Fsp3) is 0.375. The quantitative estimate of drug-likeness (QED) is 0.393. The molecule has 1 aromatic carbocycles. The molecule has 2 rings (SSSR count). The molecule has 0 unspecified atom stereocenters. The standard InChI is InChI=1S/C24H29N3O4/c1-15-7-8-22(16(2)9-15)26-23(28)14-31-24(29)21(12-25)11-20-10-17(3)27(19(20)5)18(4)13-30-6/h7-11,18H,13-14H2,1-6H3,(H,26,28)/b21-11+/t18-/m1/s1. The lowest BCUT2D eigenvalue weighted by atomic mass is 10.1. The van der Waals surface area contributed by atoms with E-state index in [-0.39, 0.29) is 11.6 Å². The van der Waals surface area contributed by atoms with Crippen LogP contribution in [0, 0.1) is 39.0 Å². The zero-order valence-corrected chi connectivity index (χ0v) is 18.9. The van der Waals surface area contributed by atoms with E-state index in [9.17, 15) is 14.9 Å². The number of hydrogen-bond donors (Lipinski definition) is 1. The number of esters is 1. The van der Waals surface area contributed by atoms with E-state index >= 15 is 0 Å². The number of aryl methyl sites for hydroxylation is 3. The molecule has 0 aliphatic heterocycles. The van der Waals surface area contributed by atoms with Crippen molar-refractivity contribution in [1.29, 1.82) is 5.26 Å². The highest BCUT2D eigenvalue weighted by Gasteiger charge is 2.17. The van der Waals surface area contributed by atoms with E-state index < -0.39 is 18.5 Å². The highest BCUT2D eigenvalue weighted by molar-refractivity contribution is 6.00. The molecule has 7 heteroatoms. The molecule has 1 amide bonds. The van der Waals surface area contributed by atoms with Gasteiger partial charge >= 0.3 is 5.97 Å². The molecule has 1 heterocycles. The molecule has 0 spiro atoms. The van der Waals surface area contributed by atoms with Crippen molar-refractivity contribution in [3.05, 3.63) is 57.9 Å². The van der Waals surface area contributed by atoms with Crippen LogP contribution < -0.4 is 5.32 Å². The molecule has 31 heavy (non-hydrogen) atoms. The molecule has 1 N–H and O–H groups in total. The zero-order chi connectivity index (χ0) is 23.1. The third-order valence-electron chi connectivity index (χ3n) is 5.00. The molecule has 164 valence electrons. The van der Waals surface area contributed by atoms with E-state index in [1.165, 1.54) is 6.08 Å². The number of anilines is 1. The minimum atomic E-state index is -0.840. The monoisotopic (exact) mass is 423 g/mol. The molecule has 0 aliphatic rings. The van der Waals surface area contributed by atoms with E-state index in [1.54, 1.807) is 13.2 Å². The molecule has 0 saturated carbocycles. The van der Waals surface area contributed by atoms with Crippen molar-refractivity contribution in [2.24, 2.45) is 0 Å². The van der Waals surface area contributed by atoms with Gasteiger partial charge in [-0.1, -0.05) is 17.7 Å². The van der Waals surface area contributed by atoms with Crippen LogP contribution in [-0.4, -0.2) is 36.8 Å². The van der Waals surface area contributed by atoms with Gasteiger partial charge in [-0.25, -0.2) is 4.79 Å². The fourth-order valence-electron chi connectivity index (χ4n) is 3.58. The normalized spacial score (nSPS) is 12.2.